The fourth-order valence-electron chi connectivity index (χ4n) is 4.02. The maximum Gasteiger partial charge on any atom is 0.227 e. The van der Waals surface area contributed by atoms with E-state index in [0.29, 0.717) is 11.0 Å². The summed E-state index contributed by atoms with van der Waals surface area (Å²) < 4.78 is 0. The van der Waals surface area contributed by atoms with Gasteiger partial charge in [0.1, 0.15) is 0 Å². The summed E-state index contributed by atoms with van der Waals surface area (Å²) in [6.45, 7) is 4.14. The Labute approximate surface area is 180 Å². The van der Waals surface area contributed by atoms with Crippen LogP contribution in [0.3, 0.4) is 0 Å². The number of pyridine rings is 1. The maximum absolute atomic E-state index is 6.44. The Morgan fingerprint density at radius 3 is 2.80 bits per heavy atom. The van der Waals surface area contributed by atoms with Crippen LogP contribution in [0.25, 0.3) is 22.0 Å². The highest BCUT2D eigenvalue weighted by Crippen LogP contribution is 2.33. The number of nitrogens with one attached hydrogen (secondary N) is 1. The minimum absolute atomic E-state index is 0.552. The summed E-state index contributed by atoms with van der Waals surface area (Å²) in [5.41, 5.74) is 7.75. The van der Waals surface area contributed by atoms with Crippen molar-refractivity contribution in [3.8, 4) is 11.1 Å². The van der Waals surface area contributed by atoms with Gasteiger partial charge in [-0.05, 0) is 61.3 Å². The number of anilines is 2. The minimum Gasteiger partial charge on any atom is -0.324 e. The van der Waals surface area contributed by atoms with Crippen molar-refractivity contribution in [1.29, 1.82) is 0 Å². The Bertz CT molecular complexity index is 1250. The predicted octanol–water partition coefficient (Wildman–Crippen LogP) is 5.39. The van der Waals surface area contributed by atoms with E-state index in [-0.39, 0.29) is 0 Å². The number of nitrogens with zero attached hydrogens (tertiary/aromatic N) is 4. The van der Waals surface area contributed by atoms with E-state index in [2.05, 4.69) is 52.4 Å². The monoisotopic (exact) mass is 415 g/mol. The quantitative estimate of drug-likeness (QED) is 0.486. The van der Waals surface area contributed by atoms with Gasteiger partial charge in [0, 0.05) is 53.9 Å². The molecule has 0 spiro atoms. The van der Waals surface area contributed by atoms with Gasteiger partial charge in [-0.2, -0.15) is 0 Å². The molecule has 1 aliphatic heterocycles. The van der Waals surface area contributed by atoms with E-state index in [0.717, 1.165) is 52.8 Å². The van der Waals surface area contributed by atoms with E-state index in [4.69, 9.17) is 16.6 Å². The zero-order chi connectivity index (χ0) is 20.7. The highest BCUT2D eigenvalue weighted by Gasteiger charge is 2.15. The van der Waals surface area contributed by atoms with Crippen molar-refractivity contribution in [2.45, 2.75) is 19.9 Å². The topological polar surface area (TPSA) is 53.9 Å². The fourth-order valence-corrected chi connectivity index (χ4v) is 4.22. The molecule has 0 saturated heterocycles. The van der Waals surface area contributed by atoms with Gasteiger partial charge in [-0.25, -0.2) is 9.97 Å². The molecule has 0 bridgehead atoms. The van der Waals surface area contributed by atoms with E-state index in [1.807, 2.05) is 24.4 Å². The number of rotatable bonds is 3. The van der Waals surface area contributed by atoms with Gasteiger partial charge in [-0.1, -0.05) is 23.7 Å². The van der Waals surface area contributed by atoms with Crippen LogP contribution in [0, 0.1) is 6.92 Å². The summed E-state index contributed by atoms with van der Waals surface area (Å²) in [6.07, 6.45) is 6.54. The Balaban J connectivity index is 1.56. The van der Waals surface area contributed by atoms with E-state index in [1.165, 1.54) is 11.1 Å². The smallest absolute Gasteiger partial charge is 0.227 e. The van der Waals surface area contributed by atoms with Crippen molar-refractivity contribution in [2.24, 2.45) is 0 Å². The van der Waals surface area contributed by atoms with Crippen LogP contribution in [0.2, 0.25) is 5.02 Å². The lowest BCUT2D eigenvalue weighted by molar-refractivity contribution is 0.313. The number of likely N-dealkylation sites (N-methyl/N-ethyl adjacent to an activating group) is 1. The number of hydrogen-bond acceptors (Lipinski definition) is 5. The molecule has 0 amide bonds. The Kier molecular flexibility index (Phi) is 4.85. The van der Waals surface area contributed by atoms with Crippen LogP contribution in [-0.2, 0) is 13.0 Å². The van der Waals surface area contributed by atoms with Crippen molar-refractivity contribution in [1.82, 2.24) is 19.9 Å². The molecule has 2 aromatic carbocycles. The van der Waals surface area contributed by atoms with Crippen molar-refractivity contribution < 1.29 is 0 Å². The second-order valence-electron chi connectivity index (χ2n) is 7.84. The first-order valence-electron chi connectivity index (χ1n) is 10.0. The standard InChI is InChI=1S/C24H22ClN5/c1-15-7-9-26-12-20(15)19-5-6-22(25)21-13-27-24(29-23(19)21)28-18-4-3-16-8-10-30(2)14-17(16)11-18/h3-7,9,11-13H,8,10,14H2,1-2H3,(H,27,28,29). The summed E-state index contributed by atoms with van der Waals surface area (Å²) in [7, 11) is 2.15. The molecule has 150 valence electrons. The number of halogens is 1. The van der Waals surface area contributed by atoms with Crippen LogP contribution in [0.1, 0.15) is 16.7 Å². The molecule has 1 aliphatic rings. The third kappa shape index (κ3) is 3.51. The average Bonchev–Trinajstić information content (AvgIpc) is 2.74. The van der Waals surface area contributed by atoms with Gasteiger partial charge >= 0.3 is 0 Å². The molecule has 0 fully saturated rings. The molecule has 0 unspecified atom stereocenters. The van der Waals surface area contributed by atoms with E-state index in [1.54, 1.807) is 12.4 Å². The van der Waals surface area contributed by atoms with Crippen LogP contribution in [0.5, 0.6) is 0 Å². The van der Waals surface area contributed by atoms with E-state index >= 15 is 0 Å². The molecular formula is C24H22ClN5. The number of aromatic nitrogens is 3. The normalized spacial score (nSPS) is 14.0. The minimum atomic E-state index is 0.552. The first-order valence-corrected chi connectivity index (χ1v) is 10.4. The van der Waals surface area contributed by atoms with Crippen LogP contribution >= 0.6 is 11.6 Å². The summed E-state index contributed by atoms with van der Waals surface area (Å²) in [4.78, 5) is 16.0. The number of fused-ring (bicyclic) bond motifs is 2. The van der Waals surface area contributed by atoms with Crippen LogP contribution in [0.4, 0.5) is 11.6 Å². The molecule has 2 aromatic heterocycles. The van der Waals surface area contributed by atoms with Gasteiger partial charge in [0.05, 0.1) is 10.5 Å². The van der Waals surface area contributed by atoms with Gasteiger partial charge in [-0.15, -0.1) is 0 Å². The van der Waals surface area contributed by atoms with Crippen LogP contribution < -0.4 is 5.32 Å². The van der Waals surface area contributed by atoms with Crippen molar-refractivity contribution in [3.63, 3.8) is 0 Å². The third-order valence-corrected chi connectivity index (χ3v) is 6.02. The number of hydrogen-bond donors (Lipinski definition) is 1. The molecule has 0 radical (unpaired) electrons. The molecule has 30 heavy (non-hydrogen) atoms. The Hall–Kier alpha value is -3.02. The lowest BCUT2D eigenvalue weighted by Gasteiger charge is -2.25. The largest absolute Gasteiger partial charge is 0.324 e. The fraction of sp³-hybridized carbons (Fsp3) is 0.208. The van der Waals surface area contributed by atoms with Gasteiger partial charge in [0.15, 0.2) is 0 Å². The summed E-state index contributed by atoms with van der Waals surface area (Å²) in [6, 6.07) is 12.4. The maximum atomic E-state index is 6.44. The Morgan fingerprint density at radius 1 is 1.03 bits per heavy atom. The second-order valence-corrected chi connectivity index (χ2v) is 8.24. The summed E-state index contributed by atoms with van der Waals surface area (Å²) in [5, 5.41) is 4.84. The van der Waals surface area contributed by atoms with Crippen molar-refractivity contribution >= 4 is 34.1 Å². The molecule has 4 aromatic rings. The van der Waals surface area contributed by atoms with Gasteiger partial charge in [0.2, 0.25) is 5.95 Å². The highest BCUT2D eigenvalue weighted by atomic mass is 35.5. The summed E-state index contributed by atoms with van der Waals surface area (Å²) in [5.74, 6) is 0.552. The molecule has 0 saturated carbocycles. The first kappa shape index (κ1) is 19.0. The zero-order valence-electron chi connectivity index (χ0n) is 17.0. The molecule has 6 heteroatoms. The van der Waals surface area contributed by atoms with Crippen molar-refractivity contribution in [2.75, 3.05) is 18.9 Å². The first-order chi connectivity index (χ1) is 14.6. The molecule has 1 N–H and O–H groups in total. The number of benzene rings is 2. The molecule has 5 rings (SSSR count). The molecular weight excluding hydrogens is 394 g/mol. The molecule has 3 heterocycles. The number of aryl methyl sites for hydroxylation is 1. The SMILES string of the molecule is Cc1ccncc1-c1ccc(Cl)c2cnc(Nc3ccc4c(c3)CN(C)CC4)nc12. The zero-order valence-corrected chi connectivity index (χ0v) is 17.7. The van der Waals surface area contributed by atoms with Gasteiger partial charge in [0.25, 0.3) is 0 Å². The lowest BCUT2D eigenvalue weighted by Crippen LogP contribution is -2.26. The second kappa shape index (κ2) is 7.67. The van der Waals surface area contributed by atoms with E-state index in [9.17, 15) is 0 Å². The summed E-state index contributed by atoms with van der Waals surface area (Å²) >= 11 is 6.44. The lowest BCUT2D eigenvalue weighted by atomic mass is 9.99. The van der Waals surface area contributed by atoms with Crippen LogP contribution in [0.15, 0.2) is 55.0 Å². The van der Waals surface area contributed by atoms with Gasteiger partial charge in [-0.3, -0.25) is 4.98 Å². The Morgan fingerprint density at radius 2 is 1.93 bits per heavy atom. The third-order valence-electron chi connectivity index (χ3n) is 5.69. The van der Waals surface area contributed by atoms with Crippen LogP contribution in [-0.4, -0.2) is 33.4 Å². The van der Waals surface area contributed by atoms with Gasteiger partial charge < -0.3 is 10.2 Å². The molecule has 5 nitrogen and oxygen atoms in total. The van der Waals surface area contributed by atoms with E-state index < -0.39 is 0 Å². The average molecular weight is 416 g/mol. The molecule has 0 aliphatic carbocycles. The molecule has 0 atom stereocenters. The predicted molar refractivity (Wildman–Crippen MR) is 122 cm³/mol. The highest BCUT2D eigenvalue weighted by molar-refractivity contribution is 6.35. The van der Waals surface area contributed by atoms with Crippen molar-refractivity contribution in [3.05, 3.63) is 76.7 Å².